The van der Waals surface area contributed by atoms with Gasteiger partial charge in [-0.2, -0.15) is 0 Å². The van der Waals surface area contributed by atoms with E-state index in [0.717, 1.165) is 44.2 Å². The summed E-state index contributed by atoms with van der Waals surface area (Å²) >= 11 is 0. The van der Waals surface area contributed by atoms with Crippen molar-refractivity contribution >= 4 is 11.4 Å². The molecule has 4 nitrogen and oxygen atoms in total. The molecule has 17 heavy (non-hydrogen) atoms. The van der Waals surface area contributed by atoms with Gasteiger partial charge in [0.1, 0.15) is 11.9 Å². The Balaban J connectivity index is 1.84. The number of benzene rings is 1. The number of ether oxygens (including phenoxy) is 1. The minimum absolute atomic E-state index is 0.251. The molecule has 0 saturated carbocycles. The van der Waals surface area contributed by atoms with Gasteiger partial charge >= 0.3 is 0 Å². The highest BCUT2D eigenvalue weighted by Crippen LogP contribution is 2.33. The Bertz CT molecular complexity index is 402. The van der Waals surface area contributed by atoms with Gasteiger partial charge in [0.15, 0.2) is 0 Å². The van der Waals surface area contributed by atoms with Crippen molar-refractivity contribution in [3.63, 3.8) is 0 Å². The van der Waals surface area contributed by atoms with E-state index in [9.17, 15) is 0 Å². The van der Waals surface area contributed by atoms with E-state index in [1.54, 1.807) is 0 Å². The van der Waals surface area contributed by atoms with Crippen molar-refractivity contribution in [2.45, 2.75) is 13.0 Å². The van der Waals surface area contributed by atoms with Crippen LogP contribution in [0.15, 0.2) is 18.2 Å². The third-order valence-electron chi connectivity index (χ3n) is 3.36. The molecular formula is C13H19N3O. The Kier molecular flexibility index (Phi) is 2.81. The normalized spacial score (nSPS) is 23.6. The average molecular weight is 233 g/mol. The standard InChI is InChI=1S/C13H19N3O/c1-10-9-15-12-3-2-11(8-13(12)17-10)16-6-4-14-5-7-16/h2-3,8,10,14-15H,4-7,9H2,1H3. The second kappa shape index (κ2) is 4.45. The quantitative estimate of drug-likeness (QED) is 0.766. The van der Waals surface area contributed by atoms with E-state index in [-0.39, 0.29) is 6.10 Å². The van der Waals surface area contributed by atoms with Crippen LogP contribution in [0.2, 0.25) is 0 Å². The Morgan fingerprint density at radius 2 is 2.12 bits per heavy atom. The van der Waals surface area contributed by atoms with Crippen molar-refractivity contribution < 1.29 is 4.74 Å². The molecule has 1 saturated heterocycles. The van der Waals surface area contributed by atoms with Crippen LogP contribution in [0.25, 0.3) is 0 Å². The second-order valence-corrected chi connectivity index (χ2v) is 4.73. The summed E-state index contributed by atoms with van der Waals surface area (Å²) in [5.41, 5.74) is 2.38. The molecular weight excluding hydrogens is 214 g/mol. The van der Waals surface area contributed by atoms with Crippen molar-refractivity contribution in [3.05, 3.63) is 18.2 Å². The molecule has 2 aliphatic rings. The van der Waals surface area contributed by atoms with Gasteiger partial charge in [-0.3, -0.25) is 0 Å². The third-order valence-corrected chi connectivity index (χ3v) is 3.36. The summed E-state index contributed by atoms with van der Waals surface area (Å²) in [5, 5.41) is 6.76. The highest BCUT2D eigenvalue weighted by molar-refractivity contribution is 5.65. The zero-order valence-corrected chi connectivity index (χ0v) is 10.2. The summed E-state index contributed by atoms with van der Waals surface area (Å²) in [6.45, 7) is 7.25. The lowest BCUT2D eigenvalue weighted by molar-refractivity contribution is 0.226. The molecule has 0 aliphatic carbocycles. The second-order valence-electron chi connectivity index (χ2n) is 4.73. The summed E-state index contributed by atoms with van der Waals surface area (Å²) in [4.78, 5) is 2.40. The lowest BCUT2D eigenvalue weighted by atomic mass is 10.2. The molecule has 0 radical (unpaired) electrons. The monoisotopic (exact) mass is 233 g/mol. The molecule has 2 aliphatic heterocycles. The molecule has 92 valence electrons. The van der Waals surface area contributed by atoms with E-state index >= 15 is 0 Å². The first-order chi connectivity index (χ1) is 8.33. The van der Waals surface area contributed by atoms with Crippen molar-refractivity contribution in [1.29, 1.82) is 0 Å². The Morgan fingerprint density at radius 3 is 2.94 bits per heavy atom. The van der Waals surface area contributed by atoms with Crippen LogP contribution in [-0.2, 0) is 0 Å². The maximum Gasteiger partial charge on any atom is 0.144 e. The summed E-state index contributed by atoms with van der Waals surface area (Å²) < 4.78 is 5.86. The first-order valence-electron chi connectivity index (χ1n) is 6.33. The lowest BCUT2D eigenvalue weighted by Gasteiger charge is -2.31. The van der Waals surface area contributed by atoms with E-state index in [1.165, 1.54) is 5.69 Å². The first kappa shape index (κ1) is 10.7. The van der Waals surface area contributed by atoms with Crippen LogP contribution in [0.4, 0.5) is 11.4 Å². The number of anilines is 2. The van der Waals surface area contributed by atoms with E-state index in [0.29, 0.717) is 0 Å². The molecule has 1 aromatic carbocycles. The summed E-state index contributed by atoms with van der Waals surface area (Å²) in [5.74, 6) is 0.986. The molecule has 1 aromatic rings. The average Bonchev–Trinajstić information content (AvgIpc) is 2.39. The predicted molar refractivity (Wildman–Crippen MR) is 70.1 cm³/mol. The topological polar surface area (TPSA) is 36.5 Å². The largest absolute Gasteiger partial charge is 0.487 e. The molecule has 0 spiro atoms. The molecule has 1 atom stereocenters. The van der Waals surface area contributed by atoms with Crippen LogP contribution in [0.3, 0.4) is 0 Å². The van der Waals surface area contributed by atoms with Gasteiger partial charge in [-0.05, 0) is 19.1 Å². The van der Waals surface area contributed by atoms with Crippen LogP contribution < -0.4 is 20.3 Å². The van der Waals surface area contributed by atoms with Crippen molar-refractivity contribution in [2.24, 2.45) is 0 Å². The molecule has 2 N–H and O–H groups in total. The van der Waals surface area contributed by atoms with Crippen molar-refractivity contribution in [2.75, 3.05) is 42.9 Å². The van der Waals surface area contributed by atoms with Gasteiger partial charge in [-0.1, -0.05) is 0 Å². The summed E-state index contributed by atoms with van der Waals surface area (Å²) in [6, 6.07) is 6.46. The Hall–Kier alpha value is -1.42. The molecule has 4 heteroatoms. The van der Waals surface area contributed by atoms with Gasteiger partial charge in [0.05, 0.1) is 12.2 Å². The minimum Gasteiger partial charge on any atom is -0.487 e. The minimum atomic E-state index is 0.251. The highest BCUT2D eigenvalue weighted by atomic mass is 16.5. The molecule has 0 bridgehead atoms. The summed E-state index contributed by atoms with van der Waals surface area (Å²) in [6.07, 6.45) is 0.251. The van der Waals surface area contributed by atoms with Crippen molar-refractivity contribution in [3.8, 4) is 5.75 Å². The zero-order chi connectivity index (χ0) is 11.7. The van der Waals surface area contributed by atoms with Gasteiger partial charge in [0, 0.05) is 37.9 Å². The van der Waals surface area contributed by atoms with E-state index < -0.39 is 0 Å². The smallest absolute Gasteiger partial charge is 0.144 e. The molecule has 0 amide bonds. The zero-order valence-electron chi connectivity index (χ0n) is 10.2. The SMILES string of the molecule is CC1CNc2ccc(N3CCNCC3)cc2O1. The Labute approximate surface area is 102 Å². The van der Waals surface area contributed by atoms with Gasteiger partial charge < -0.3 is 20.3 Å². The van der Waals surface area contributed by atoms with Gasteiger partial charge in [0.2, 0.25) is 0 Å². The van der Waals surface area contributed by atoms with Crippen LogP contribution in [0, 0.1) is 0 Å². The molecule has 0 aromatic heterocycles. The maximum atomic E-state index is 5.86. The van der Waals surface area contributed by atoms with Crippen LogP contribution in [0.5, 0.6) is 5.75 Å². The number of piperazine rings is 1. The number of hydrogen-bond acceptors (Lipinski definition) is 4. The summed E-state index contributed by atoms with van der Waals surface area (Å²) in [7, 11) is 0. The number of nitrogens with zero attached hydrogens (tertiary/aromatic N) is 1. The highest BCUT2D eigenvalue weighted by Gasteiger charge is 2.17. The predicted octanol–water partition coefficient (Wildman–Crippen LogP) is 1.29. The maximum absolute atomic E-state index is 5.86. The molecule has 2 heterocycles. The third kappa shape index (κ3) is 2.17. The molecule has 1 fully saturated rings. The van der Waals surface area contributed by atoms with E-state index in [1.807, 2.05) is 0 Å². The number of rotatable bonds is 1. The van der Waals surface area contributed by atoms with Crippen LogP contribution >= 0.6 is 0 Å². The first-order valence-corrected chi connectivity index (χ1v) is 6.33. The number of hydrogen-bond donors (Lipinski definition) is 2. The fourth-order valence-electron chi connectivity index (χ4n) is 2.39. The molecule has 1 unspecified atom stereocenters. The van der Waals surface area contributed by atoms with E-state index in [4.69, 9.17) is 4.74 Å². The fourth-order valence-corrected chi connectivity index (χ4v) is 2.39. The van der Waals surface area contributed by atoms with E-state index in [2.05, 4.69) is 40.7 Å². The number of nitrogens with one attached hydrogen (secondary N) is 2. The van der Waals surface area contributed by atoms with Crippen LogP contribution in [-0.4, -0.2) is 38.8 Å². The van der Waals surface area contributed by atoms with Gasteiger partial charge in [-0.25, -0.2) is 0 Å². The molecule has 3 rings (SSSR count). The van der Waals surface area contributed by atoms with Gasteiger partial charge in [0.25, 0.3) is 0 Å². The lowest BCUT2D eigenvalue weighted by Crippen LogP contribution is -2.43. The van der Waals surface area contributed by atoms with Gasteiger partial charge in [-0.15, -0.1) is 0 Å². The fraction of sp³-hybridized carbons (Fsp3) is 0.538. The number of fused-ring (bicyclic) bond motifs is 1. The van der Waals surface area contributed by atoms with Crippen molar-refractivity contribution in [1.82, 2.24) is 5.32 Å². The Morgan fingerprint density at radius 1 is 1.29 bits per heavy atom. The van der Waals surface area contributed by atoms with Crippen LogP contribution in [0.1, 0.15) is 6.92 Å².